The van der Waals surface area contributed by atoms with E-state index in [2.05, 4.69) is 10.4 Å². The number of aromatic nitrogens is 2. The molecule has 0 saturated carbocycles. The van der Waals surface area contributed by atoms with Gasteiger partial charge in [0.15, 0.2) is 17.2 Å². The Hall–Kier alpha value is -3.32. The van der Waals surface area contributed by atoms with Gasteiger partial charge in [0.25, 0.3) is 5.91 Å². The molecule has 7 nitrogen and oxygen atoms in total. The molecule has 1 aliphatic heterocycles. The highest BCUT2D eigenvalue weighted by atomic mass is 35.5. The first-order valence-electron chi connectivity index (χ1n) is 8.59. The number of anilines is 1. The summed E-state index contributed by atoms with van der Waals surface area (Å²) in [5, 5.41) is 7.52. The van der Waals surface area contributed by atoms with Crippen molar-refractivity contribution in [2.45, 2.75) is 6.92 Å². The minimum absolute atomic E-state index is 0.213. The molecule has 0 aliphatic carbocycles. The Bertz CT molecular complexity index is 1110. The van der Waals surface area contributed by atoms with Gasteiger partial charge in [-0.05, 0) is 43.3 Å². The predicted molar refractivity (Wildman–Crippen MR) is 105 cm³/mol. The fraction of sp³-hybridized carbons (Fsp3) is 0.150. The zero-order valence-corrected chi connectivity index (χ0v) is 15.7. The van der Waals surface area contributed by atoms with Gasteiger partial charge in [0.1, 0.15) is 13.2 Å². The fourth-order valence-electron chi connectivity index (χ4n) is 2.86. The lowest BCUT2D eigenvalue weighted by atomic mass is 10.2. The second kappa shape index (κ2) is 7.36. The van der Waals surface area contributed by atoms with Crippen molar-refractivity contribution in [3.05, 3.63) is 75.2 Å². The second-order valence-corrected chi connectivity index (χ2v) is 6.64. The molecule has 0 unspecified atom stereocenters. The SMILES string of the molecule is Cc1cc(=O)c(C(=O)Nc2ccc3c(c2)OCCO3)nn1-c1ccc(Cl)cc1. The van der Waals surface area contributed by atoms with Crippen LogP contribution >= 0.6 is 11.6 Å². The fourth-order valence-corrected chi connectivity index (χ4v) is 2.99. The van der Waals surface area contributed by atoms with E-state index in [4.69, 9.17) is 21.1 Å². The molecule has 2 aromatic carbocycles. The van der Waals surface area contributed by atoms with Crippen molar-refractivity contribution >= 4 is 23.2 Å². The molecule has 2 heterocycles. The largest absolute Gasteiger partial charge is 0.486 e. The summed E-state index contributed by atoms with van der Waals surface area (Å²) in [4.78, 5) is 25.0. The van der Waals surface area contributed by atoms with Gasteiger partial charge in [0.2, 0.25) is 5.43 Å². The molecule has 3 aromatic rings. The zero-order valence-electron chi connectivity index (χ0n) is 14.9. The maximum absolute atomic E-state index is 12.7. The van der Waals surface area contributed by atoms with E-state index in [0.717, 1.165) is 0 Å². The summed E-state index contributed by atoms with van der Waals surface area (Å²) in [6, 6.07) is 13.4. The third-order valence-corrected chi connectivity index (χ3v) is 4.45. The molecule has 0 saturated heterocycles. The summed E-state index contributed by atoms with van der Waals surface area (Å²) in [6.07, 6.45) is 0. The first-order valence-corrected chi connectivity index (χ1v) is 8.97. The molecule has 0 atom stereocenters. The van der Waals surface area contributed by atoms with Crippen LogP contribution in [-0.2, 0) is 0 Å². The maximum atomic E-state index is 12.7. The molecule has 0 bridgehead atoms. The van der Waals surface area contributed by atoms with Crippen LogP contribution in [0.2, 0.25) is 5.02 Å². The lowest BCUT2D eigenvalue weighted by Crippen LogP contribution is -2.27. The van der Waals surface area contributed by atoms with E-state index in [1.807, 2.05) is 0 Å². The number of aryl methyl sites for hydroxylation is 1. The molecule has 0 spiro atoms. The number of hydrogen-bond acceptors (Lipinski definition) is 5. The Morgan fingerprint density at radius 1 is 1.07 bits per heavy atom. The molecule has 28 heavy (non-hydrogen) atoms. The molecule has 1 aromatic heterocycles. The average molecular weight is 398 g/mol. The number of halogens is 1. The topological polar surface area (TPSA) is 82.5 Å². The van der Waals surface area contributed by atoms with Gasteiger partial charge in [-0.25, -0.2) is 4.68 Å². The van der Waals surface area contributed by atoms with Crippen molar-refractivity contribution in [3.63, 3.8) is 0 Å². The van der Waals surface area contributed by atoms with Crippen molar-refractivity contribution in [2.24, 2.45) is 0 Å². The molecule has 0 fully saturated rings. The van der Waals surface area contributed by atoms with Crippen molar-refractivity contribution in [3.8, 4) is 17.2 Å². The molecule has 0 radical (unpaired) electrons. The number of fused-ring (bicyclic) bond motifs is 1. The van der Waals surface area contributed by atoms with Gasteiger partial charge in [0, 0.05) is 28.5 Å². The van der Waals surface area contributed by atoms with E-state index in [9.17, 15) is 9.59 Å². The van der Waals surface area contributed by atoms with E-state index in [0.29, 0.717) is 46.8 Å². The standard InChI is InChI=1S/C20H16ClN3O4/c1-12-10-16(25)19(23-24(12)15-5-2-13(21)3-6-15)20(26)22-14-4-7-17-18(11-14)28-9-8-27-17/h2-7,10-11H,8-9H2,1H3,(H,22,26). The Labute approximate surface area is 165 Å². The van der Waals surface area contributed by atoms with Crippen LogP contribution in [0.1, 0.15) is 16.2 Å². The van der Waals surface area contributed by atoms with E-state index in [1.54, 1.807) is 49.4 Å². The average Bonchev–Trinajstić information content (AvgIpc) is 2.69. The van der Waals surface area contributed by atoms with E-state index in [1.165, 1.54) is 10.7 Å². The van der Waals surface area contributed by atoms with Crippen LogP contribution in [0.15, 0.2) is 53.3 Å². The molecule has 1 aliphatic rings. The molecular weight excluding hydrogens is 382 g/mol. The highest BCUT2D eigenvalue weighted by Gasteiger charge is 2.17. The third-order valence-electron chi connectivity index (χ3n) is 4.19. The van der Waals surface area contributed by atoms with Crippen LogP contribution in [0.5, 0.6) is 11.5 Å². The van der Waals surface area contributed by atoms with Crippen LogP contribution in [-0.4, -0.2) is 28.9 Å². The van der Waals surface area contributed by atoms with Crippen LogP contribution in [0.4, 0.5) is 5.69 Å². The van der Waals surface area contributed by atoms with Crippen LogP contribution in [0.25, 0.3) is 5.69 Å². The van der Waals surface area contributed by atoms with E-state index in [-0.39, 0.29) is 5.69 Å². The van der Waals surface area contributed by atoms with E-state index >= 15 is 0 Å². The molecule has 142 valence electrons. The summed E-state index contributed by atoms with van der Waals surface area (Å²) >= 11 is 5.92. The van der Waals surface area contributed by atoms with Gasteiger partial charge < -0.3 is 14.8 Å². The number of hydrogen-bond donors (Lipinski definition) is 1. The van der Waals surface area contributed by atoms with Crippen molar-refractivity contribution in [1.29, 1.82) is 0 Å². The predicted octanol–water partition coefficient (Wildman–Crippen LogP) is 3.22. The Morgan fingerprint density at radius 3 is 2.54 bits per heavy atom. The van der Waals surface area contributed by atoms with Gasteiger partial charge in [-0.2, -0.15) is 5.10 Å². The van der Waals surface area contributed by atoms with Gasteiger partial charge >= 0.3 is 0 Å². The van der Waals surface area contributed by atoms with Crippen LogP contribution in [0, 0.1) is 6.92 Å². The highest BCUT2D eigenvalue weighted by molar-refractivity contribution is 6.30. The smallest absolute Gasteiger partial charge is 0.280 e. The first-order chi connectivity index (χ1) is 13.5. The summed E-state index contributed by atoms with van der Waals surface area (Å²) in [7, 11) is 0. The number of benzene rings is 2. The second-order valence-electron chi connectivity index (χ2n) is 6.20. The summed E-state index contributed by atoms with van der Waals surface area (Å²) in [6.45, 7) is 2.66. The van der Waals surface area contributed by atoms with Crippen molar-refractivity contribution in [1.82, 2.24) is 9.78 Å². The molecule has 1 amide bonds. The summed E-state index contributed by atoms with van der Waals surface area (Å²) < 4.78 is 12.5. The minimum Gasteiger partial charge on any atom is -0.486 e. The number of carbonyl (C=O) groups excluding carboxylic acids is 1. The lowest BCUT2D eigenvalue weighted by molar-refractivity contribution is 0.101. The quantitative estimate of drug-likeness (QED) is 0.733. The number of nitrogens with one attached hydrogen (secondary N) is 1. The van der Waals surface area contributed by atoms with Gasteiger partial charge in [0.05, 0.1) is 5.69 Å². The molecule has 4 rings (SSSR count). The normalized spacial score (nSPS) is 12.5. The van der Waals surface area contributed by atoms with Gasteiger partial charge in [-0.15, -0.1) is 0 Å². The number of carbonyl (C=O) groups is 1. The zero-order chi connectivity index (χ0) is 19.7. The number of ether oxygens (including phenoxy) is 2. The van der Waals surface area contributed by atoms with E-state index < -0.39 is 11.3 Å². The lowest BCUT2D eigenvalue weighted by Gasteiger charge is -2.19. The van der Waals surface area contributed by atoms with Crippen LogP contribution in [0.3, 0.4) is 0 Å². The summed E-state index contributed by atoms with van der Waals surface area (Å²) in [5.41, 5.74) is 1.10. The third kappa shape index (κ3) is 3.57. The number of amides is 1. The van der Waals surface area contributed by atoms with Crippen molar-refractivity contribution in [2.75, 3.05) is 18.5 Å². The van der Waals surface area contributed by atoms with Gasteiger partial charge in [-0.3, -0.25) is 9.59 Å². The maximum Gasteiger partial charge on any atom is 0.280 e. The monoisotopic (exact) mass is 397 g/mol. The molecule has 1 N–H and O–H groups in total. The Balaban J connectivity index is 1.65. The number of rotatable bonds is 3. The highest BCUT2D eigenvalue weighted by Crippen LogP contribution is 2.32. The van der Waals surface area contributed by atoms with Crippen molar-refractivity contribution < 1.29 is 14.3 Å². The molecule has 8 heteroatoms. The Kier molecular flexibility index (Phi) is 4.75. The van der Waals surface area contributed by atoms with Crippen LogP contribution < -0.4 is 20.2 Å². The molecular formula is C20H16ClN3O4. The first kappa shape index (κ1) is 18.1. The minimum atomic E-state index is -0.607. The summed E-state index contributed by atoms with van der Waals surface area (Å²) in [5.74, 6) is 0.548. The van der Waals surface area contributed by atoms with Gasteiger partial charge in [-0.1, -0.05) is 11.6 Å². The number of nitrogens with zero attached hydrogens (tertiary/aromatic N) is 2. The Morgan fingerprint density at radius 2 is 1.79 bits per heavy atom.